The topological polar surface area (TPSA) is 101 Å². The fourth-order valence-electron chi connectivity index (χ4n) is 1.00. The van der Waals surface area contributed by atoms with Crippen molar-refractivity contribution < 1.29 is 4.79 Å². The average Bonchev–Trinajstić information content (AvgIpc) is 2.64. The Morgan fingerprint density at radius 2 is 2.31 bits per heavy atom. The normalized spacial score (nSPS) is 10.1. The maximum Gasteiger partial charge on any atom is 0.276 e. The SMILES string of the molecule is Cc1nnc(NC(=O)c2cc(=O)[nH]cn2)s1. The third kappa shape index (κ3) is 2.28. The number of nitrogens with one attached hydrogen (secondary N) is 2. The summed E-state index contributed by atoms with van der Waals surface area (Å²) in [5, 5.41) is 11.1. The number of aromatic nitrogens is 4. The van der Waals surface area contributed by atoms with Crippen LogP contribution in [0.4, 0.5) is 5.13 Å². The number of aromatic amines is 1. The van der Waals surface area contributed by atoms with Crippen LogP contribution in [-0.2, 0) is 0 Å². The van der Waals surface area contributed by atoms with Crippen LogP contribution in [-0.4, -0.2) is 26.1 Å². The van der Waals surface area contributed by atoms with Gasteiger partial charge < -0.3 is 4.98 Å². The summed E-state index contributed by atoms with van der Waals surface area (Å²) in [5.41, 5.74) is -0.342. The van der Waals surface area contributed by atoms with E-state index in [2.05, 4.69) is 25.5 Å². The number of H-pyrrole nitrogens is 1. The van der Waals surface area contributed by atoms with Gasteiger partial charge in [0.1, 0.15) is 10.7 Å². The summed E-state index contributed by atoms with van der Waals surface area (Å²) in [6, 6.07) is 1.11. The van der Waals surface area contributed by atoms with Gasteiger partial charge in [-0.3, -0.25) is 14.9 Å². The predicted molar refractivity (Wildman–Crippen MR) is 57.5 cm³/mol. The Kier molecular flexibility index (Phi) is 2.73. The standard InChI is InChI=1S/C8H7N5O2S/c1-4-12-13-8(16-4)11-7(15)5-2-6(14)10-3-9-5/h2-3H,1H3,(H,9,10,14)(H,11,13,15). The Bertz CT molecular complexity index is 576. The number of amides is 1. The zero-order chi connectivity index (χ0) is 11.5. The maximum absolute atomic E-state index is 11.6. The average molecular weight is 237 g/mol. The zero-order valence-corrected chi connectivity index (χ0v) is 9.04. The Morgan fingerprint density at radius 3 is 2.94 bits per heavy atom. The molecule has 0 aliphatic rings. The van der Waals surface area contributed by atoms with Crippen LogP contribution in [0.25, 0.3) is 0 Å². The number of hydrogen-bond donors (Lipinski definition) is 2. The van der Waals surface area contributed by atoms with Crippen molar-refractivity contribution in [2.45, 2.75) is 6.92 Å². The summed E-state index contributed by atoms with van der Waals surface area (Å²) >= 11 is 1.25. The van der Waals surface area contributed by atoms with Crippen LogP contribution >= 0.6 is 11.3 Å². The third-order valence-electron chi connectivity index (χ3n) is 1.66. The van der Waals surface area contributed by atoms with Gasteiger partial charge in [-0.15, -0.1) is 10.2 Å². The van der Waals surface area contributed by atoms with Crippen LogP contribution < -0.4 is 10.9 Å². The van der Waals surface area contributed by atoms with Crippen molar-refractivity contribution in [1.82, 2.24) is 20.2 Å². The van der Waals surface area contributed by atoms with E-state index in [-0.39, 0.29) is 11.3 Å². The number of anilines is 1. The number of aryl methyl sites for hydroxylation is 1. The molecule has 0 aliphatic carbocycles. The molecule has 0 unspecified atom stereocenters. The molecule has 82 valence electrons. The summed E-state index contributed by atoms with van der Waals surface area (Å²) in [6.07, 6.45) is 1.17. The number of rotatable bonds is 2. The highest BCUT2D eigenvalue weighted by atomic mass is 32.1. The van der Waals surface area contributed by atoms with Crippen LogP contribution in [0.15, 0.2) is 17.2 Å². The Balaban J connectivity index is 2.17. The molecule has 0 aliphatic heterocycles. The van der Waals surface area contributed by atoms with E-state index in [1.54, 1.807) is 6.92 Å². The van der Waals surface area contributed by atoms with Gasteiger partial charge in [0.15, 0.2) is 0 Å². The lowest BCUT2D eigenvalue weighted by atomic mass is 10.4. The second-order valence-electron chi connectivity index (χ2n) is 2.88. The lowest BCUT2D eigenvalue weighted by Crippen LogP contribution is -2.17. The minimum atomic E-state index is -0.484. The highest BCUT2D eigenvalue weighted by Gasteiger charge is 2.10. The smallest absolute Gasteiger partial charge is 0.276 e. The fraction of sp³-hybridized carbons (Fsp3) is 0.125. The van der Waals surface area contributed by atoms with E-state index in [1.807, 2.05) is 0 Å². The molecule has 0 aromatic carbocycles. The molecule has 8 heteroatoms. The van der Waals surface area contributed by atoms with Crippen LogP contribution in [0, 0.1) is 6.92 Å². The molecule has 2 aromatic rings. The van der Waals surface area contributed by atoms with Gasteiger partial charge in [-0.1, -0.05) is 11.3 Å². The second kappa shape index (κ2) is 4.19. The molecule has 0 radical (unpaired) electrons. The Morgan fingerprint density at radius 1 is 1.50 bits per heavy atom. The van der Waals surface area contributed by atoms with E-state index >= 15 is 0 Å². The maximum atomic E-state index is 11.6. The lowest BCUT2D eigenvalue weighted by Gasteiger charge is -1.98. The molecule has 0 saturated carbocycles. The summed E-state index contributed by atoms with van der Waals surface area (Å²) in [7, 11) is 0. The van der Waals surface area contributed by atoms with E-state index in [0.717, 1.165) is 11.1 Å². The minimum absolute atomic E-state index is 0.0385. The molecule has 7 nitrogen and oxygen atoms in total. The van der Waals surface area contributed by atoms with Gasteiger partial charge in [-0.2, -0.15) is 0 Å². The van der Waals surface area contributed by atoms with Crippen LogP contribution in [0.5, 0.6) is 0 Å². The van der Waals surface area contributed by atoms with Gasteiger partial charge in [0.05, 0.1) is 6.33 Å². The van der Waals surface area contributed by atoms with Crippen molar-refractivity contribution >= 4 is 22.4 Å². The molecule has 16 heavy (non-hydrogen) atoms. The molecule has 0 spiro atoms. The Hall–Kier alpha value is -2.09. The molecule has 2 N–H and O–H groups in total. The van der Waals surface area contributed by atoms with Gasteiger partial charge in [-0.25, -0.2) is 4.98 Å². The summed E-state index contributed by atoms with van der Waals surface area (Å²) < 4.78 is 0. The van der Waals surface area contributed by atoms with Crippen LogP contribution in [0.3, 0.4) is 0 Å². The molecule has 0 atom stereocenters. The van der Waals surface area contributed by atoms with Gasteiger partial charge in [0, 0.05) is 6.07 Å². The molecule has 2 heterocycles. The quantitative estimate of drug-likeness (QED) is 0.776. The minimum Gasteiger partial charge on any atom is -0.313 e. The molecule has 0 saturated heterocycles. The summed E-state index contributed by atoms with van der Waals surface area (Å²) in [6.45, 7) is 1.78. The fourth-order valence-corrected chi connectivity index (χ4v) is 1.59. The van der Waals surface area contributed by atoms with E-state index < -0.39 is 5.91 Å². The van der Waals surface area contributed by atoms with E-state index in [4.69, 9.17) is 0 Å². The molecule has 2 rings (SSSR count). The van der Waals surface area contributed by atoms with Gasteiger partial charge in [0.2, 0.25) is 5.13 Å². The van der Waals surface area contributed by atoms with E-state index in [0.29, 0.717) is 5.13 Å². The number of carbonyl (C=O) groups is 1. The van der Waals surface area contributed by atoms with E-state index in [9.17, 15) is 9.59 Å². The largest absolute Gasteiger partial charge is 0.313 e. The number of carbonyl (C=O) groups excluding carboxylic acids is 1. The summed E-state index contributed by atoms with van der Waals surface area (Å²) in [4.78, 5) is 28.6. The molecule has 2 aromatic heterocycles. The first-order valence-corrected chi connectivity index (χ1v) is 5.13. The molecule has 1 amide bonds. The first kappa shape index (κ1) is 10.4. The molecular weight excluding hydrogens is 230 g/mol. The van der Waals surface area contributed by atoms with Crippen molar-refractivity contribution in [3.8, 4) is 0 Å². The van der Waals surface area contributed by atoms with Crippen molar-refractivity contribution in [2.24, 2.45) is 0 Å². The first-order chi connectivity index (χ1) is 7.65. The molecule has 0 fully saturated rings. The lowest BCUT2D eigenvalue weighted by molar-refractivity contribution is 0.102. The third-order valence-corrected chi connectivity index (χ3v) is 2.41. The molecule has 0 bridgehead atoms. The monoisotopic (exact) mass is 237 g/mol. The van der Waals surface area contributed by atoms with Crippen molar-refractivity contribution in [3.63, 3.8) is 0 Å². The Labute approximate surface area is 93.6 Å². The second-order valence-corrected chi connectivity index (χ2v) is 4.06. The number of hydrogen-bond acceptors (Lipinski definition) is 6. The zero-order valence-electron chi connectivity index (χ0n) is 8.22. The van der Waals surface area contributed by atoms with Crippen LogP contribution in [0.2, 0.25) is 0 Å². The van der Waals surface area contributed by atoms with Crippen LogP contribution in [0.1, 0.15) is 15.5 Å². The highest BCUT2D eigenvalue weighted by Crippen LogP contribution is 2.13. The number of nitrogens with zero attached hydrogens (tertiary/aromatic N) is 3. The molecular formula is C8H7N5O2S. The van der Waals surface area contributed by atoms with Gasteiger partial charge in [-0.05, 0) is 6.92 Å². The first-order valence-electron chi connectivity index (χ1n) is 4.31. The van der Waals surface area contributed by atoms with Gasteiger partial charge >= 0.3 is 0 Å². The van der Waals surface area contributed by atoms with Crippen molar-refractivity contribution in [1.29, 1.82) is 0 Å². The van der Waals surface area contributed by atoms with E-state index in [1.165, 1.54) is 17.7 Å². The van der Waals surface area contributed by atoms with Crippen molar-refractivity contribution in [3.05, 3.63) is 33.4 Å². The van der Waals surface area contributed by atoms with Gasteiger partial charge in [0.25, 0.3) is 11.5 Å². The predicted octanol–water partition coefficient (Wildman–Crippen LogP) is 0.182. The van der Waals surface area contributed by atoms with Crippen molar-refractivity contribution in [2.75, 3.05) is 5.32 Å². The highest BCUT2D eigenvalue weighted by molar-refractivity contribution is 7.15. The summed E-state index contributed by atoms with van der Waals surface area (Å²) in [5.74, 6) is -0.484.